The second-order valence-corrected chi connectivity index (χ2v) is 11.4. The number of anilines is 2. The number of aliphatic hydroxyl groups is 1. The van der Waals surface area contributed by atoms with Crippen LogP contribution in [0, 0.1) is 24.2 Å². The van der Waals surface area contributed by atoms with Crippen LogP contribution >= 0.6 is 0 Å². The quantitative estimate of drug-likeness (QED) is 0.633. The van der Waals surface area contributed by atoms with Gasteiger partial charge in [-0.25, -0.2) is 15.0 Å². The zero-order valence-electron chi connectivity index (χ0n) is 19.0. The van der Waals surface area contributed by atoms with Gasteiger partial charge in [-0.1, -0.05) is 12.0 Å². The van der Waals surface area contributed by atoms with Crippen molar-refractivity contribution < 1.29 is 9.32 Å². The minimum atomic E-state index is -1.11. The fourth-order valence-corrected chi connectivity index (χ4v) is 6.91. The molecule has 4 aliphatic rings. The van der Waals surface area contributed by atoms with Crippen molar-refractivity contribution in [1.29, 1.82) is 0 Å². The Morgan fingerprint density at radius 3 is 2.74 bits per heavy atom. The Labute approximate surface area is 201 Å². The van der Waals surface area contributed by atoms with Gasteiger partial charge in [-0.3, -0.25) is 4.21 Å². The summed E-state index contributed by atoms with van der Waals surface area (Å²) in [6.07, 6.45) is 16.6. The highest BCUT2D eigenvalue weighted by Gasteiger charge is 2.41. The maximum atomic E-state index is 12.9. The zero-order chi connectivity index (χ0) is 23.3. The highest BCUT2D eigenvalue weighted by atomic mass is 32.2. The first kappa shape index (κ1) is 21.7. The van der Waals surface area contributed by atoms with E-state index in [9.17, 15) is 9.32 Å². The van der Waals surface area contributed by atoms with E-state index in [1.165, 1.54) is 5.57 Å². The summed E-state index contributed by atoms with van der Waals surface area (Å²) in [5, 5.41) is 13.5. The van der Waals surface area contributed by atoms with Crippen LogP contribution in [0.5, 0.6) is 0 Å². The lowest BCUT2D eigenvalue weighted by Crippen LogP contribution is -2.49. The first-order valence-electron chi connectivity index (χ1n) is 12.0. The van der Waals surface area contributed by atoms with Crippen LogP contribution in [0.1, 0.15) is 49.2 Å². The summed E-state index contributed by atoms with van der Waals surface area (Å²) in [6.45, 7) is 1.75. The number of nitrogens with zero attached hydrogens (tertiary/aromatic N) is 5. The molecule has 0 bridgehead atoms. The number of aryl methyl sites for hydroxylation is 1. The van der Waals surface area contributed by atoms with Gasteiger partial charge < -0.3 is 15.3 Å². The second kappa shape index (κ2) is 8.43. The number of nitrogens with one attached hydrogen (secondary N) is 1. The largest absolute Gasteiger partial charge is 0.394 e. The van der Waals surface area contributed by atoms with E-state index in [4.69, 9.17) is 16.4 Å². The summed E-state index contributed by atoms with van der Waals surface area (Å²) in [4.78, 5) is 21.6. The molecule has 9 heteroatoms. The molecule has 34 heavy (non-hydrogen) atoms. The molecule has 2 aromatic rings. The number of hydrogen-bond donors (Lipinski definition) is 2. The molecule has 0 aromatic carbocycles. The molecule has 1 saturated carbocycles. The van der Waals surface area contributed by atoms with Crippen LogP contribution in [0.25, 0.3) is 5.57 Å². The molecule has 0 amide bonds. The molecule has 1 saturated heterocycles. The number of fused-ring (bicyclic) bond motifs is 2. The molecular weight excluding hydrogens is 448 g/mol. The lowest BCUT2D eigenvalue weighted by Gasteiger charge is -2.42. The zero-order valence-corrected chi connectivity index (χ0v) is 19.9. The molecule has 3 atom stereocenters. The molecule has 2 aromatic heterocycles. The Morgan fingerprint density at radius 1 is 1.24 bits per heavy atom. The van der Waals surface area contributed by atoms with Crippen LogP contribution in [-0.2, 0) is 17.2 Å². The molecule has 8 nitrogen and oxygen atoms in total. The Balaban J connectivity index is 1.26. The molecule has 6 rings (SSSR count). The van der Waals surface area contributed by atoms with Gasteiger partial charge in [0.25, 0.3) is 0 Å². The molecule has 2 aliphatic heterocycles. The topological polar surface area (TPSA) is 104 Å². The first-order valence-corrected chi connectivity index (χ1v) is 13.3. The molecular formula is C25H28N6O2S. The number of terminal acetylenes is 1. The van der Waals surface area contributed by atoms with E-state index in [0.717, 1.165) is 68.0 Å². The average molecular weight is 477 g/mol. The maximum absolute atomic E-state index is 12.9. The number of rotatable bonds is 5. The summed E-state index contributed by atoms with van der Waals surface area (Å²) in [7, 11) is -1.11. The second-order valence-electron chi connectivity index (χ2n) is 9.88. The fourth-order valence-electron chi connectivity index (χ4n) is 5.58. The van der Waals surface area contributed by atoms with E-state index in [0.29, 0.717) is 34.9 Å². The standard InChI is InChI=1S/C25H28N6O2S/c1-2-16-11-26-22(27-12-16)17-9-18-13-31(14-19(18)10-17)24-28-20-5-3-8-34(33)21(20)23(29-24)30-25(15-32)6-4-7-25/h1,9,11-12,18-19,32H,3-8,10,13-15H2,(H,28,29,30). The molecule has 0 spiro atoms. The Bertz CT molecular complexity index is 1210. The minimum absolute atomic E-state index is 0.0551. The van der Waals surface area contributed by atoms with E-state index in [-0.39, 0.29) is 12.1 Å². The lowest BCUT2D eigenvalue weighted by molar-refractivity contribution is 0.143. The summed E-state index contributed by atoms with van der Waals surface area (Å²) < 4.78 is 12.9. The van der Waals surface area contributed by atoms with E-state index in [1.807, 2.05) is 0 Å². The highest BCUT2D eigenvalue weighted by molar-refractivity contribution is 7.85. The number of aromatic nitrogens is 4. The third-order valence-electron chi connectivity index (χ3n) is 7.67. The van der Waals surface area contributed by atoms with Crippen molar-refractivity contribution in [3.05, 3.63) is 35.6 Å². The number of allylic oxidation sites excluding steroid dienone is 1. The normalized spacial score (nSPS) is 26.8. The monoisotopic (exact) mass is 476 g/mol. The third kappa shape index (κ3) is 3.69. The van der Waals surface area contributed by atoms with Crippen LogP contribution < -0.4 is 10.2 Å². The van der Waals surface area contributed by atoms with Gasteiger partial charge in [0.05, 0.1) is 34.2 Å². The van der Waals surface area contributed by atoms with Crippen LogP contribution in [0.15, 0.2) is 23.4 Å². The summed E-state index contributed by atoms with van der Waals surface area (Å²) in [5.41, 5.74) is 2.40. The predicted molar refractivity (Wildman–Crippen MR) is 131 cm³/mol. The third-order valence-corrected chi connectivity index (χ3v) is 9.21. The fraction of sp³-hybridized carbons (Fsp3) is 0.520. The molecule has 2 N–H and O–H groups in total. The van der Waals surface area contributed by atoms with Crippen molar-refractivity contribution in [2.24, 2.45) is 11.8 Å². The van der Waals surface area contributed by atoms with Crippen LogP contribution in [0.2, 0.25) is 0 Å². The van der Waals surface area contributed by atoms with Crippen LogP contribution in [0.4, 0.5) is 11.8 Å². The van der Waals surface area contributed by atoms with Gasteiger partial charge in [0.1, 0.15) is 10.7 Å². The SMILES string of the molecule is C#Cc1cnc(C2=CC3CN(c4nc5c(c(NC6(CO)CCC6)n4)S(=O)CCC5)CC3C2)nc1. The molecule has 176 valence electrons. The molecule has 2 fully saturated rings. The number of aliphatic hydroxyl groups excluding tert-OH is 1. The molecule has 3 unspecified atom stereocenters. The van der Waals surface area contributed by atoms with E-state index < -0.39 is 10.8 Å². The molecule has 0 radical (unpaired) electrons. The summed E-state index contributed by atoms with van der Waals surface area (Å²) >= 11 is 0. The summed E-state index contributed by atoms with van der Waals surface area (Å²) in [5.74, 6) is 6.17. The lowest BCUT2D eigenvalue weighted by atomic mass is 9.77. The smallest absolute Gasteiger partial charge is 0.227 e. The van der Waals surface area contributed by atoms with Gasteiger partial charge in [0.2, 0.25) is 5.95 Å². The van der Waals surface area contributed by atoms with Crippen molar-refractivity contribution in [3.8, 4) is 12.3 Å². The molecule has 2 aliphatic carbocycles. The average Bonchev–Trinajstić information content (AvgIpc) is 3.41. The van der Waals surface area contributed by atoms with Crippen molar-refractivity contribution in [1.82, 2.24) is 19.9 Å². The predicted octanol–water partition coefficient (Wildman–Crippen LogP) is 2.17. The van der Waals surface area contributed by atoms with Crippen LogP contribution in [0.3, 0.4) is 0 Å². The van der Waals surface area contributed by atoms with Crippen molar-refractivity contribution in [3.63, 3.8) is 0 Å². The highest BCUT2D eigenvalue weighted by Crippen LogP contribution is 2.42. The van der Waals surface area contributed by atoms with Gasteiger partial charge in [-0.15, -0.1) is 6.42 Å². The van der Waals surface area contributed by atoms with Gasteiger partial charge in [-0.05, 0) is 55.9 Å². The number of hydrogen-bond acceptors (Lipinski definition) is 8. The Kier molecular flexibility index (Phi) is 5.38. The van der Waals surface area contributed by atoms with Crippen LogP contribution in [-0.4, -0.2) is 60.2 Å². The van der Waals surface area contributed by atoms with Crippen molar-refractivity contribution >= 4 is 28.1 Å². The van der Waals surface area contributed by atoms with E-state index in [2.05, 4.69) is 32.2 Å². The van der Waals surface area contributed by atoms with Gasteiger partial charge in [0.15, 0.2) is 5.82 Å². The van der Waals surface area contributed by atoms with E-state index in [1.54, 1.807) is 12.4 Å². The van der Waals surface area contributed by atoms with Gasteiger partial charge in [-0.2, -0.15) is 4.98 Å². The summed E-state index contributed by atoms with van der Waals surface area (Å²) in [6, 6.07) is 0. The van der Waals surface area contributed by atoms with E-state index >= 15 is 0 Å². The minimum Gasteiger partial charge on any atom is -0.394 e. The first-order chi connectivity index (χ1) is 16.6. The maximum Gasteiger partial charge on any atom is 0.227 e. The van der Waals surface area contributed by atoms with Crippen molar-refractivity contribution in [2.75, 3.05) is 35.7 Å². The Hall–Kier alpha value is -2.83. The van der Waals surface area contributed by atoms with Gasteiger partial charge in [0, 0.05) is 31.2 Å². The van der Waals surface area contributed by atoms with Gasteiger partial charge >= 0.3 is 0 Å². The Morgan fingerprint density at radius 2 is 2.06 bits per heavy atom. The molecule has 4 heterocycles. The van der Waals surface area contributed by atoms with Crippen molar-refractivity contribution in [2.45, 2.75) is 49.0 Å².